The second kappa shape index (κ2) is 4.52. The van der Waals surface area contributed by atoms with Crippen molar-refractivity contribution in [3.63, 3.8) is 0 Å². The minimum Gasteiger partial charge on any atom is -0.351 e. The highest BCUT2D eigenvalue weighted by molar-refractivity contribution is 5.77. The van der Waals surface area contributed by atoms with Crippen LogP contribution in [0, 0.1) is 17.8 Å². The number of nitrogens with two attached hydrogens (primary N) is 1. The molecule has 0 heterocycles. The SMILES string of the molecule is CCC(N)CC(=O)NC12CC3CC(CC(C3)C1)C2. The summed E-state index contributed by atoms with van der Waals surface area (Å²) in [4.78, 5) is 12.1. The molecule has 0 saturated heterocycles. The lowest BCUT2D eigenvalue weighted by Gasteiger charge is -2.57. The molecule has 4 aliphatic carbocycles. The lowest BCUT2D eigenvalue weighted by molar-refractivity contribution is -0.127. The topological polar surface area (TPSA) is 55.1 Å². The van der Waals surface area contributed by atoms with Gasteiger partial charge in [0.05, 0.1) is 0 Å². The van der Waals surface area contributed by atoms with E-state index in [9.17, 15) is 4.79 Å². The van der Waals surface area contributed by atoms with E-state index in [4.69, 9.17) is 5.73 Å². The third kappa shape index (κ3) is 2.29. The van der Waals surface area contributed by atoms with E-state index in [0.29, 0.717) is 6.42 Å². The van der Waals surface area contributed by atoms with Crippen molar-refractivity contribution in [3.05, 3.63) is 0 Å². The Morgan fingerprint density at radius 1 is 1.22 bits per heavy atom. The fourth-order valence-corrected chi connectivity index (χ4v) is 4.99. The monoisotopic (exact) mass is 250 g/mol. The van der Waals surface area contributed by atoms with Crippen LogP contribution in [0.15, 0.2) is 0 Å². The zero-order chi connectivity index (χ0) is 12.8. The van der Waals surface area contributed by atoms with Gasteiger partial charge in [0.15, 0.2) is 0 Å². The van der Waals surface area contributed by atoms with Crippen LogP contribution in [0.2, 0.25) is 0 Å². The number of carbonyl (C=O) groups excluding carboxylic acids is 1. The summed E-state index contributed by atoms with van der Waals surface area (Å²) in [5, 5.41) is 3.37. The van der Waals surface area contributed by atoms with Gasteiger partial charge in [-0.2, -0.15) is 0 Å². The molecule has 1 amide bonds. The number of amides is 1. The molecular formula is C15H26N2O. The number of carbonyl (C=O) groups is 1. The minimum atomic E-state index is 0.0268. The van der Waals surface area contributed by atoms with Gasteiger partial charge in [-0.1, -0.05) is 6.92 Å². The summed E-state index contributed by atoms with van der Waals surface area (Å²) >= 11 is 0. The molecule has 0 aromatic carbocycles. The Morgan fingerprint density at radius 2 is 1.72 bits per heavy atom. The van der Waals surface area contributed by atoms with Gasteiger partial charge in [-0.15, -0.1) is 0 Å². The van der Waals surface area contributed by atoms with Crippen molar-refractivity contribution in [2.24, 2.45) is 23.5 Å². The number of hydrogen-bond donors (Lipinski definition) is 2. The average molecular weight is 250 g/mol. The maximum atomic E-state index is 12.1. The minimum absolute atomic E-state index is 0.0268. The summed E-state index contributed by atoms with van der Waals surface area (Å²) in [5.74, 6) is 2.84. The Bertz CT molecular complexity index is 304. The lowest BCUT2D eigenvalue weighted by Crippen LogP contribution is -2.60. The van der Waals surface area contributed by atoms with Gasteiger partial charge in [0.25, 0.3) is 0 Å². The van der Waals surface area contributed by atoms with E-state index in [-0.39, 0.29) is 17.5 Å². The zero-order valence-corrected chi connectivity index (χ0v) is 11.5. The Balaban J connectivity index is 1.63. The van der Waals surface area contributed by atoms with Gasteiger partial charge in [-0.25, -0.2) is 0 Å². The molecule has 0 spiro atoms. The van der Waals surface area contributed by atoms with E-state index >= 15 is 0 Å². The van der Waals surface area contributed by atoms with Crippen molar-refractivity contribution >= 4 is 5.91 Å². The summed E-state index contributed by atoms with van der Waals surface area (Å²) in [5.41, 5.74) is 6.03. The molecule has 0 aromatic heterocycles. The highest BCUT2D eigenvalue weighted by Gasteiger charge is 2.51. The molecule has 4 saturated carbocycles. The Labute approximate surface area is 110 Å². The van der Waals surface area contributed by atoms with Gasteiger partial charge in [0, 0.05) is 18.0 Å². The summed E-state index contributed by atoms with van der Waals surface area (Å²) in [6.45, 7) is 2.04. The molecule has 3 nitrogen and oxygen atoms in total. The van der Waals surface area contributed by atoms with Gasteiger partial charge in [-0.3, -0.25) is 4.79 Å². The van der Waals surface area contributed by atoms with Crippen molar-refractivity contribution in [1.82, 2.24) is 5.32 Å². The van der Waals surface area contributed by atoms with Crippen molar-refractivity contribution in [1.29, 1.82) is 0 Å². The first-order valence-electron chi connectivity index (χ1n) is 7.65. The largest absolute Gasteiger partial charge is 0.351 e. The van der Waals surface area contributed by atoms with E-state index in [2.05, 4.69) is 5.32 Å². The molecule has 0 aliphatic heterocycles. The standard InChI is InChI=1S/C15H26N2O/c1-2-13(16)6-14(18)17-15-7-10-3-11(8-15)5-12(4-10)9-15/h10-13H,2-9,16H2,1H3,(H,17,18). The van der Waals surface area contributed by atoms with E-state index in [1.165, 1.54) is 38.5 Å². The van der Waals surface area contributed by atoms with Gasteiger partial charge in [0.1, 0.15) is 0 Å². The van der Waals surface area contributed by atoms with Crippen molar-refractivity contribution in [3.8, 4) is 0 Å². The second-order valence-electron chi connectivity index (χ2n) is 7.12. The molecule has 4 fully saturated rings. The van der Waals surface area contributed by atoms with Crippen LogP contribution in [0.25, 0.3) is 0 Å². The van der Waals surface area contributed by atoms with Gasteiger partial charge >= 0.3 is 0 Å². The van der Waals surface area contributed by atoms with Gasteiger partial charge < -0.3 is 11.1 Å². The summed E-state index contributed by atoms with van der Waals surface area (Å²) < 4.78 is 0. The summed E-state index contributed by atoms with van der Waals surface area (Å²) in [6, 6.07) is 0.0268. The predicted octanol–water partition coefficient (Wildman–Crippen LogP) is 2.20. The first-order chi connectivity index (χ1) is 8.58. The van der Waals surface area contributed by atoms with Crippen LogP contribution >= 0.6 is 0 Å². The fraction of sp³-hybridized carbons (Fsp3) is 0.933. The first-order valence-corrected chi connectivity index (χ1v) is 7.65. The van der Waals surface area contributed by atoms with Crippen LogP contribution < -0.4 is 11.1 Å². The summed E-state index contributed by atoms with van der Waals surface area (Å²) in [6.07, 6.45) is 9.33. The molecule has 102 valence electrons. The highest BCUT2D eigenvalue weighted by Crippen LogP contribution is 2.55. The molecule has 3 heteroatoms. The molecule has 0 radical (unpaired) electrons. The molecule has 4 rings (SSSR count). The Morgan fingerprint density at radius 3 is 2.17 bits per heavy atom. The first kappa shape index (κ1) is 12.5. The molecule has 3 N–H and O–H groups in total. The molecule has 4 bridgehead atoms. The third-order valence-corrected chi connectivity index (χ3v) is 5.41. The smallest absolute Gasteiger partial charge is 0.221 e. The predicted molar refractivity (Wildman–Crippen MR) is 71.9 cm³/mol. The number of nitrogens with one attached hydrogen (secondary N) is 1. The van der Waals surface area contributed by atoms with E-state index in [1.54, 1.807) is 0 Å². The van der Waals surface area contributed by atoms with Crippen LogP contribution in [-0.4, -0.2) is 17.5 Å². The van der Waals surface area contributed by atoms with Crippen molar-refractivity contribution in [2.45, 2.75) is 69.9 Å². The molecule has 4 aliphatic rings. The van der Waals surface area contributed by atoms with Crippen molar-refractivity contribution < 1.29 is 4.79 Å². The van der Waals surface area contributed by atoms with E-state index in [1.807, 2.05) is 6.92 Å². The second-order valence-corrected chi connectivity index (χ2v) is 7.12. The average Bonchev–Trinajstić information content (AvgIpc) is 2.25. The van der Waals surface area contributed by atoms with Crippen LogP contribution in [0.3, 0.4) is 0 Å². The Kier molecular flexibility index (Phi) is 3.13. The number of rotatable bonds is 4. The van der Waals surface area contributed by atoms with Crippen LogP contribution in [0.5, 0.6) is 0 Å². The lowest BCUT2D eigenvalue weighted by atomic mass is 9.53. The van der Waals surface area contributed by atoms with Crippen LogP contribution in [0.1, 0.15) is 58.3 Å². The zero-order valence-electron chi connectivity index (χ0n) is 11.5. The van der Waals surface area contributed by atoms with Gasteiger partial charge in [0.2, 0.25) is 5.91 Å². The van der Waals surface area contributed by atoms with Crippen LogP contribution in [0.4, 0.5) is 0 Å². The third-order valence-electron chi connectivity index (χ3n) is 5.41. The molecule has 18 heavy (non-hydrogen) atoms. The fourth-order valence-electron chi connectivity index (χ4n) is 4.99. The van der Waals surface area contributed by atoms with Crippen molar-refractivity contribution in [2.75, 3.05) is 0 Å². The molecule has 1 atom stereocenters. The molecule has 1 unspecified atom stereocenters. The number of hydrogen-bond acceptors (Lipinski definition) is 2. The molecular weight excluding hydrogens is 224 g/mol. The van der Waals surface area contributed by atoms with Gasteiger partial charge in [-0.05, 0) is 62.7 Å². The Hall–Kier alpha value is -0.570. The maximum Gasteiger partial charge on any atom is 0.221 e. The van der Waals surface area contributed by atoms with E-state index < -0.39 is 0 Å². The summed E-state index contributed by atoms with van der Waals surface area (Å²) in [7, 11) is 0. The maximum absolute atomic E-state index is 12.1. The quantitative estimate of drug-likeness (QED) is 0.803. The van der Waals surface area contributed by atoms with E-state index in [0.717, 1.165) is 24.2 Å². The normalized spacial score (nSPS) is 42.9. The van der Waals surface area contributed by atoms with Crippen LogP contribution in [-0.2, 0) is 4.79 Å². The highest BCUT2D eigenvalue weighted by atomic mass is 16.1. The molecule has 0 aromatic rings.